The van der Waals surface area contributed by atoms with Gasteiger partial charge in [-0.2, -0.15) is 5.26 Å². The highest BCUT2D eigenvalue weighted by atomic mass is 16.5. The van der Waals surface area contributed by atoms with Crippen LogP contribution < -0.4 is 19.9 Å². The van der Waals surface area contributed by atoms with Crippen LogP contribution in [0, 0.1) is 11.3 Å². The maximum atomic E-state index is 9.54. The van der Waals surface area contributed by atoms with Crippen LogP contribution >= 0.6 is 0 Å². The number of nitriles is 1. The summed E-state index contributed by atoms with van der Waals surface area (Å²) in [5.74, 6) is 1.04. The van der Waals surface area contributed by atoms with Gasteiger partial charge in [0.15, 0.2) is 0 Å². The topological polar surface area (TPSA) is 67.7 Å². The van der Waals surface area contributed by atoms with E-state index in [1.165, 1.54) is 17.7 Å². The van der Waals surface area contributed by atoms with E-state index in [1.807, 2.05) is 12.1 Å². The fraction of sp³-hybridized carbons (Fsp3) is 0.429. The molecule has 0 saturated carbocycles. The second kappa shape index (κ2) is 8.11. The summed E-state index contributed by atoms with van der Waals surface area (Å²) >= 11 is 0. The molecular formula is C28H30N6O. The van der Waals surface area contributed by atoms with Crippen LogP contribution in [0.25, 0.3) is 10.9 Å². The monoisotopic (exact) mass is 466 g/mol. The number of hydrogen-bond donors (Lipinski definition) is 1. The van der Waals surface area contributed by atoms with Crippen molar-refractivity contribution in [2.45, 2.75) is 44.1 Å². The van der Waals surface area contributed by atoms with E-state index >= 15 is 0 Å². The molecule has 3 fully saturated rings. The molecule has 1 N–H and O–H groups in total. The SMILES string of the molecule is C[C@@H]1CN(c2ccc(C#N)c3ncccc23)C[C@@H]2COc3cc(N4C[C@@H]5C[C@H]4CN5)ccc3CN21. The van der Waals surface area contributed by atoms with Crippen molar-refractivity contribution in [3.05, 3.63) is 59.8 Å². The Hall–Kier alpha value is -3.34. The number of pyridine rings is 1. The minimum Gasteiger partial charge on any atom is -0.491 e. The zero-order chi connectivity index (χ0) is 23.5. The molecule has 4 atom stereocenters. The Labute approximate surface area is 205 Å². The Morgan fingerprint density at radius 2 is 2.06 bits per heavy atom. The largest absolute Gasteiger partial charge is 0.491 e. The van der Waals surface area contributed by atoms with Crippen LogP contribution in [0.4, 0.5) is 11.4 Å². The number of rotatable bonds is 2. The van der Waals surface area contributed by atoms with Crippen molar-refractivity contribution in [1.82, 2.24) is 15.2 Å². The Morgan fingerprint density at radius 3 is 2.89 bits per heavy atom. The summed E-state index contributed by atoms with van der Waals surface area (Å²) in [7, 11) is 0. The van der Waals surface area contributed by atoms with Crippen molar-refractivity contribution in [1.29, 1.82) is 5.26 Å². The maximum Gasteiger partial charge on any atom is 0.125 e. The molecule has 7 nitrogen and oxygen atoms in total. The highest BCUT2D eigenvalue weighted by Crippen LogP contribution is 2.37. The number of ether oxygens (including phenoxy) is 1. The molecule has 2 bridgehead atoms. The normalized spacial score (nSPS) is 27.8. The lowest BCUT2D eigenvalue weighted by Gasteiger charge is -2.45. The summed E-state index contributed by atoms with van der Waals surface area (Å²) in [5, 5.41) is 14.2. The van der Waals surface area contributed by atoms with Crippen LogP contribution in [0.2, 0.25) is 0 Å². The van der Waals surface area contributed by atoms with E-state index < -0.39 is 0 Å². The van der Waals surface area contributed by atoms with Crippen LogP contribution in [0.15, 0.2) is 48.7 Å². The van der Waals surface area contributed by atoms with Crippen LogP contribution in [-0.2, 0) is 6.54 Å². The summed E-state index contributed by atoms with van der Waals surface area (Å²) in [6.45, 7) is 7.92. The van der Waals surface area contributed by atoms with Crippen LogP contribution in [0.5, 0.6) is 5.75 Å². The van der Waals surface area contributed by atoms with Crippen molar-refractivity contribution < 1.29 is 4.74 Å². The molecule has 3 saturated heterocycles. The molecule has 7 rings (SSSR count). The fourth-order valence-corrected chi connectivity index (χ4v) is 6.62. The lowest BCUT2D eigenvalue weighted by atomic mass is 10.0. The second-order valence-corrected chi connectivity index (χ2v) is 10.5. The van der Waals surface area contributed by atoms with Gasteiger partial charge in [-0.05, 0) is 43.7 Å². The molecule has 0 spiro atoms. The molecule has 178 valence electrons. The van der Waals surface area contributed by atoms with Gasteiger partial charge in [-0.25, -0.2) is 0 Å². The van der Waals surface area contributed by atoms with Crippen molar-refractivity contribution in [2.75, 3.05) is 42.6 Å². The Kier molecular flexibility index (Phi) is 4.86. The van der Waals surface area contributed by atoms with E-state index in [9.17, 15) is 5.26 Å². The van der Waals surface area contributed by atoms with E-state index in [1.54, 1.807) is 6.20 Å². The molecule has 0 radical (unpaired) electrons. The summed E-state index contributed by atoms with van der Waals surface area (Å²) in [5.41, 5.74) is 5.14. The molecule has 0 amide bonds. The van der Waals surface area contributed by atoms with Gasteiger partial charge in [-0.1, -0.05) is 6.07 Å². The predicted molar refractivity (Wildman–Crippen MR) is 137 cm³/mol. The molecule has 0 aliphatic carbocycles. The van der Waals surface area contributed by atoms with Gasteiger partial charge >= 0.3 is 0 Å². The average molecular weight is 467 g/mol. The number of fused-ring (bicyclic) bond motifs is 5. The summed E-state index contributed by atoms with van der Waals surface area (Å²) < 4.78 is 6.49. The molecule has 0 unspecified atom stereocenters. The fourth-order valence-electron chi connectivity index (χ4n) is 6.62. The molecule has 7 heteroatoms. The van der Waals surface area contributed by atoms with E-state index in [0.717, 1.165) is 55.1 Å². The second-order valence-electron chi connectivity index (χ2n) is 10.5. The van der Waals surface area contributed by atoms with E-state index in [2.05, 4.69) is 68.3 Å². The standard InChI is InChI=1S/C28H30N6O/c1-18-13-32(26-7-5-19(11-29)28-25(26)3-2-8-30-28)16-24-17-35-27-10-22(6-4-20(27)14-33(18)24)34-15-21-9-23(34)12-31-21/h2-8,10,18,21,23-24,31H,9,12-17H2,1H3/t18-,21+,23+,24-/m1/s1. The molecule has 4 aliphatic rings. The molecule has 4 aliphatic heterocycles. The Bertz CT molecular complexity index is 1330. The predicted octanol–water partition coefficient (Wildman–Crippen LogP) is 3.13. The first-order chi connectivity index (χ1) is 17.2. The van der Waals surface area contributed by atoms with Gasteiger partial charge in [-0.15, -0.1) is 0 Å². The lowest BCUT2D eigenvalue weighted by molar-refractivity contribution is 0.0892. The minimum absolute atomic E-state index is 0.295. The van der Waals surface area contributed by atoms with Gasteiger partial charge < -0.3 is 19.9 Å². The Balaban J connectivity index is 1.15. The van der Waals surface area contributed by atoms with Gasteiger partial charge in [-0.3, -0.25) is 9.88 Å². The van der Waals surface area contributed by atoms with Crippen molar-refractivity contribution in [2.24, 2.45) is 0 Å². The zero-order valence-electron chi connectivity index (χ0n) is 20.0. The molecule has 3 aromatic rings. The maximum absolute atomic E-state index is 9.54. The highest BCUT2D eigenvalue weighted by Gasteiger charge is 2.39. The van der Waals surface area contributed by atoms with Gasteiger partial charge in [0.1, 0.15) is 18.4 Å². The van der Waals surface area contributed by atoms with Gasteiger partial charge in [0.2, 0.25) is 0 Å². The third-order valence-electron chi connectivity index (χ3n) is 8.38. The van der Waals surface area contributed by atoms with E-state index in [4.69, 9.17) is 4.74 Å². The van der Waals surface area contributed by atoms with Crippen molar-refractivity contribution >= 4 is 22.3 Å². The first kappa shape index (κ1) is 21.0. The van der Waals surface area contributed by atoms with Crippen molar-refractivity contribution in [3.63, 3.8) is 0 Å². The number of hydrogen-bond acceptors (Lipinski definition) is 7. The number of anilines is 2. The van der Waals surface area contributed by atoms with E-state index in [-0.39, 0.29) is 0 Å². The molecule has 5 heterocycles. The number of nitrogens with zero attached hydrogens (tertiary/aromatic N) is 5. The smallest absolute Gasteiger partial charge is 0.125 e. The van der Waals surface area contributed by atoms with Crippen LogP contribution in [0.3, 0.4) is 0 Å². The summed E-state index contributed by atoms with van der Waals surface area (Å²) in [6.07, 6.45) is 3.02. The van der Waals surface area contributed by atoms with Gasteiger partial charge in [0, 0.05) is 85.4 Å². The number of piperazine rings is 2. The summed E-state index contributed by atoms with van der Waals surface area (Å²) in [6, 6.07) is 19.1. The quantitative estimate of drug-likeness (QED) is 0.622. The minimum atomic E-state index is 0.295. The highest BCUT2D eigenvalue weighted by molar-refractivity contribution is 5.95. The average Bonchev–Trinajstić information content (AvgIpc) is 3.47. The molecule has 2 aromatic carbocycles. The lowest BCUT2D eigenvalue weighted by Crippen LogP contribution is -2.58. The van der Waals surface area contributed by atoms with Gasteiger partial charge in [0.05, 0.1) is 17.1 Å². The van der Waals surface area contributed by atoms with Crippen LogP contribution in [-0.4, -0.2) is 66.8 Å². The first-order valence-electron chi connectivity index (χ1n) is 12.7. The molecule has 1 aromatic heterocycles. The van der Waals surface area contributed by atoms with E-state index in [0.29, 0.717) is 36.3 Å². The molecular weight excluding hydrogens is 436 g/mol. The van der Waals surface area contributed by atoms with Crippen LogP contribution in [0.1, 0.15) is 24.5 Å². The third-order valence-corrected chi connectivity index (χ3v) is 8.38. The summed E-state index contributed by atoms with van der Waals surface area (Å²) in [4.78, 5) is 12.1. The number of benzene rings is 2. The third kappa shape index (κ3) is 3.43. The van der Waals surface area contributed by atoms with Crippen molar-refractivity contribution in [3.8, 4) is 11.8 Å². The number of aromatic nitrogens is 1. The van der Waals surface area contributed by atoms with Gasteiger partial charge in [0.25, 0.3) is 0 Å². The molecule has 35 heavy (non-hydrogen) atoms. The Morgan fingerprint density at radius 1 is 1.11 bits per heavy atom. The first-order valence-corrected chi connectivity index (χ1v) is 12.7. The number of nitrogens with one attached hydrogen (secondary N) is 1. The zero-order valence-corrected chi connectivity index (χ0v) is 20.0.